The summed E-state index contributed by atoms with van der Waals surface area (Å²) in [6.07, 6.45) is -2.24. The van der Waals surface area contributed by atoms with Crippen LogP contribution in [0.3, 0.4) is 0 Å². The first-order valence-corrected chi connectivity index (χ1v) is 12.7. The zero-order chi connectivity index (χ0) is 29.0. The van der Waals surface area contributed by atoms with E-state index in [4.69, 9.17) is 9.15 Å². The molecular weight excluding hydrogens is 541 g/mol. The first kappa shape index (κ1) is 27.7. The van der Waals surface area contributed by atoms with E-state index in [2.05, 4.69) is 20.0 Å². The quantitative estimate of drug-likeness (QED) is 0.260. The molecule has 0 atom stereocenters. The Kier molecular flexibility index (Phi) is 7.90. The van der Waals surface area contributed by atoms with E-state index in [-0.39, 0.29) is 23.5 Å². The van der Waals surface area contributed by atoms with Crippen LogP contribution in [0.2, 0.25) is 0 Å². The van der Waals surface area contributed by atoms with Crippen molar-refractivity contribution < 1.29 is 36.7 Å². The number of halogens is 3. The number of pyridine rings is 1. The van der Waals surface area contributed by atoms with Crippen LogP contribution in [0.5, 0.6) is 11.6 Å². The lowest BCUT2D eigenvalue weighted by molar-refractivity contribution is -0.141. The van der Waals surface area contributed by atoms with Gasteiger partial charge in [-0.25, -0.2) is 9.78 Å². The third kappa shape index (κ3) is 6.48. The van der Waals surface area contributed by atoms with Gasteiger partial charge >= 0.3 is 12.1 Å². The van der Waals surface area contributed by atoms with Gasteiger partial charge in [0.2, 0.25) is 11.6 Å². The van der Waals surface area contributed by atoms with Crippen molar-refractivity contribution in [2.24, 2.45) is 0 Å². The monoisotopic (exact) mass is 566 g/mol. The van der Waals surface area contributed by atoms with E-state index in [9.17, 15) is 22.8 Å². The zero-order valence-electron chi connectivity index (χ0n) is 21.9. The van der Waals surface area contributed by atoms with Gasteiger partial charge < -0.3 is 24.1 Å². The molecule has 3 heterocycles. The Bertz CT molecular complexity index is 1500. The fraction of sp³-hybridized carbons (Fsp3) is 0.241. The van der Waals surface area contributed by atoms with Gasteiger partial charge in [-0.1, -0.05) is 30.3 Å². The van der Waals surface area contributed by atoms with E-state index < -0.39 is 29.5 Å². The Balaban J connectivity index is 1.25. The molecule has 2 aromatic carbocycles. The van der Waals surface area contributed by atoms with Gasteiger partial charge in [0, 0.05) is 19.2 Å². The van der Waals surface area contributed by atoms with Crippen molar-refractivity contribution in [3.05, 3.63) is 95.5 Å². The van der Waals surface area contributed by atoms with Crippen molar-refractivity contribution in [2.75, 3.05) is 30.4 Å². The molecule has 1 aliphatic heterocycles. The van der Waals surface area contributed by atoms with Crippen molar-refractivity contribution in [3.63, 3.8) is 0 Å². The highest BCUT2D eigenvalue weighted by Crippen LogP contribution is 2.36. The number of nitrogens with one attached hydrogen (secondary N) is 1. The lowest BCUT2D eigenvalue weighted by Gasteiger charge is -2.31. The number of alkyl halides is 3. The maximum Gasteiger partial charge on any atom is 0.437 e. The number of esters is 1. The molecule has 0 bridgehead atoms. The summed E-state index contributed by atoms with van der Waals surface area (Å²) < 4.78 is 57.0. The van der Waals surface area contributed by atoms with Crippen LogP contribution in [-0.2, 0) is 10.9 Å². The van der Waals surface area contributed by atoms with Crippen LogP contribution in [0.15, 0.2) is 77.3 Å². The molecule has 0 saturated carbocycles. The summed E-state index contributed by atoms with van der Waals surface area (Å²) in [4.78, 5) is 33.7. The van der Waals surface area contributed by atoms with E-state index in [1.54, 1.807) is 17.0 Å². The smallest absolute Gasteiger partial charge is 0.437 e. The largest absolute Gasteiger partial charge is 0.465 e. The number of hydrogen-bond acceptors (Lipinski definition) is 8. The minimum atomic E-state index is -4.89. The summed E-state index contributed by atoms with van der Waals surface area (Å²) in [6, 6.07) is 18.7. The number of carbonyl (C=O) groups excluding carboxylic acids is 2. The molecule has 1 amide bonds. The number of oxazole rings is 1. The molecule has 2 aromatic heterocycles. The standard InChI is InChI=1S/C29H25F3N4O5/c1-39-27(38)20-7-10-22(11-8-20)40-23-12-9-21(17-33-23)34-26(37)24-25(29(30,31)32)35-28(41-24)36-15-13-19(14-16-36)18-5-3-2-4-6-18/h2-12,17,19H,13-16H2,1H3,(H,34,37). The van der Waals surface area contributed by atoms with Gasteiger partial charge in [-0.2, -0.15) is 18.2 Å². The summed E-state index contributed by atoms with van der Waals surface area (Å²) in [5, 5.41) is 2.37. The number of ether oxygens (including phenoxy) is 2. The maximum atomic E-state index is 13.8. The lowest BCUT2D eigenvalue weighted by Crippen LogP contribution is -2.33. The fourth-order valence-corrected chi connectivity index (χ4v) is 4.52. The van der Waals surface area contributed by atoms with E-state index in [0.29, 0.717) is 37.2 Å². The van der Waals surface area contributed by atoms with Crippen LogP contribution < -0.4 is 15.0 Å². The molecule has 1 fully saturated rings. The molecule has 0 aliphatic carbocycles. The summed E-state index contributed by atoms with van der Waals surface area (Å²) in [5.74, 6) is -1.70. The zero-order valence-corrected chi connectivity index (χ0v) is 21.9. The maximum absolute atomic E-state index is 13.8. The number of nitrogens with zero attached hydrogens (tertiary/aromatic N) is 3. The molecule has 0 radical (unpaired) electrons. The van der Waals surface area contributed by atoms with E-state index in [1.807, 2.05) is 30.3 Å². The van der Waals surface area contributed by atoms with Crippen molar-refractivity contribution >= 4 is 23.6 Å². The molecule has 212 valence electrons. The topological polar surface area (TPSA) is 107 Å². The second-order valence-corrected chi connectivity index (χ2v) is 9.30. The number of aromatic nitrogens is 2. The number of benzene rings is 2. The summed E-state index contributed by atoms with van der Waals surface area (Å²) >= 11 is 0. The normalized spacial score (nSPS) is 14.0. The van der Waals surface area contributed by atoms with Gasteiger partial charge in [0.05, 0.1) is 24.6 Å². The number of methoxy groups -OCH3 is 1. The summed E-state index contributed by atoms with van der Waals surface area (Å²) in [7, 11) is 1.28. The molecule has 12 heteroatoms. The Morgan fingerprint density at radius 3 is 2.32 bits per heavy atom. The van der Waals surface area contributed by atoms with Crippen molar-refractivity contribution in [1.82, 2.24) is 9.97 Å². The van der Waals surface area contributed by atoms with Crippen molar-refractivity contribution in [2.45, 2.75) is 24.9 Å². The predicted molar refractivity (Wildman–Crippen MR) is 142 cm³/mol. The lowest BCUT2D eigenvalue weighted by atomic mass is 9.90. The second-order valence-electron chi connectivity index (χ2n) is 9.30. The van der Waals surface area contributed by atoms with Gasteiger partial charge in [-0.05, 0) is 54.7 Å². The van der Waals surface area contributed by atoms with E-state index >= 15 is 0 Å². The highest BCUT2D eigenvalue weighted by molar-refractivity contribution is 6.03. The van der Waals surface area contributed by atoms with Crippen LogP contribution in [0.1, 0.15) is 50.9 Å². The van der Waals surface area contributed by atoms with Gasteiger partial charge in [0.25, 0.3) is 11.9 Å². The number of rotatable bonds is 7. The summed E-state index contributed by atoms with van der Waals surface area (Å²) in [6.45, 7) is 0.879. The van der Waals surface area contributed by atoms with Crippen LogP contribution in [0.4, 0.5) is 24.9 Å². The number of hydrogen-bond donors (Lipinski definition) is 1. The number of carbonyl (C=O) groups is 2. The predicted octanol–water partition coefficient (Wildman–Crippen LogP) is 6.30. The molecular formula is C29H25F3N4O5. The molecule has 1 saturated heterocycles. The third-order valence-electron chi connectivity index (χ3n) is 6.62. The number of anilines is 2. The Morgan fingerprint density at radius 1 is 1.00 bits per heavy atom. The van der Waals surface area contributed by atoms with Gasteiger partial charge in [-0.15, -0.1) is 0 Å². The molecule has 1 aliphatic rings. The molecule has 0 unspecified atom stereocenters. The minimum Gasteiger partial charge on any atom is -0.465 e. The Hall–Kier alpha value is -4.87. The van der Waals surface area contributed by atoms with Crippen molar-refractivity contribution in [3.8, 4) is 11.6 Å². The first-order valence-electron chi connectivity index (χ1n) is 12.7. The van der Waals surface area contributed by atoms with E-state index in [1.165, 1.54) is 43.1 Å². The Morgan fingerprint density at radius 2 is 1.71 bits per heavy atom. The third-order valence-corrected chi connectivity index (χ3v) is 6.62. The minimum absolute atomic E-state index is 0.123. The average molecular weight is 567 g/mol. The van der Waals surface area contributed by atoms with Gasteiger partial charge in [-0.3, -0.25) is 4.79 Å². The Labute approximate surface area is 232 Å². The van der Waals surface area contributed by atoms with Crippen LogP contribution >= 0.6 is 0 Å². The van der Waals surface area contributed by atoms with Gasteiger partial charge in [0.1, 0.15) is 5.75 Å². The molecule has 9 nitrogen and oxygen atoms in total. The SMILES string of the molecule is COC(=O)c1ccc(Oc2ccc(NC(=O)c3oc(N4CCC(c5ccccc5)CC4)nc3C(F)(F)F)cn2)cc1. The van der Waals surface area contributed by atoms with Gasteiger partial charge in [0.15, 0.2) is 5.69 Å². The van der Waals surface area contributed by atoms with Crippen LogP contribution in [-0.4, -0.2) is 42.0 Å². The molecule has 4 aromatic rings. The fourth-order valence-electron chi connectivity index (χ4n) is 4.52. The molecule has 5 rings (SSSR count). The van der Waals surface area contributed by atoms with Crippen LogP contribution in [0.25, 0.3) is 0 Å². The highest BCUT2D eigenvalue weighted by Gasteiger charge is 2.42. The van der Waals surface area contributed by atoms with Crippen molar-refractivity contribution in [1.29, 1.82) is 0 Å². The highest BCUT2D eigenvalue weighted by atomic mass is 19.4. The average Bonchev–Trinajstić information content (AvgIpc) is 3.46. The second kappa shape index (κ2) is 11.7. The molecule has 41 heavy (non-hydrogen) atoms. The number of piperidine rings is 1. The first-order chi connectivity index (χ1) is 19.7. The molecule has 1 N–H and O–H groups in total. The molecule has 0 spiro atoms. The summed E-state index contributed by atoms with van der Waals surface area (Å²) in [5.41, 5.74) is 0.255. The number of amides is 1. The van der Waals surface area contributed by atoms with E-state index in [0.717, 1.165) is 0 Å². The van der Waals surface area contributed by atoms with Crippen LogP contribution in [0, 0.1) is 0 Å².